The van der Waals surface area contributed by atoms with Gasteiger partial charge in [0.15, 0.2) is 0 Å². The van der Waals surface area contributed by atoms with Gasteiger partial charge in [-0.15, -0.1) is 11.8 Å². The lowest BCUT2D eigenvalue weighted by molar-refractivity contribution is -0.115. The zero-order valence-corrected chi connectivity index (χ0v) is 13.5. The largest absolute Gasteiger partial charge is 0.325 e. The lowest BCUT2D eigenvalue weighted by Crippen LogP contribution is -2.22. The van der Waals surface area contributed by atoms with E-state index in [1.807, 2.05) is 25.1 Å². The summed E-state index contributed by atoms with van der Waals surface area (Å²) >= 11 is 1.58. The molecule has 0 aliphatic rings. The van der Waals surface area contributed by atoms with Crippen LogP contribution in [0.2, 0.25) is 0 Å². The highest BCUT2D eigenvalue weighted by atomic mass is 32.2. The molecule has 2 aromatic rings. The molecule has 2 nitrogen and oxygen atoms in total. The average molecular weight is 299 g/mol. The molecule has 0 fully saturated rings. The number of anilines is 1. The molecule has 1 N–H and O–H groups in total. The van der Waals surface area contributed by atoms with Gasteiger partial charge >= 0.3 is 0 Å². The Bertz CT molecular complexity index is 607. The highest BCUT2D eigenvalue weighted by molar-refractivity contribution is 8.00. The molecule has 2 aromatic carbocycles. The Balaban J connectivity index is 1.97. The monoisotopic (exact) mass is 299 g/mol. The van der Waals surface area contributed by atoms with Crippen LogP contribution >= 0.6 is 11.8 Å². The molecule has 1 unspecified atom stereocenters. The zero-order valence-electron chi connectivity index (χ0n) is 12.7. The number of carbonyl (C=O) groups is 1. The summed E-state index contributed by atoms with van der Waals surface area (Å²) in [4.78, 5) is 13.4. The number of thioether (sulfide) groups is 1. The van der Waals surface area contributed by atoms with Crippen LogP contribution in [0.1, 0.15) is 25.0 Å². The fourth-order valence-electron chi connectivity index (χ4n) is 1.99. The van der Waals surface area contributed by atoms with Gasteiger partial charge in [-0.05, 0) is 50.1 Å². The van der Waals surface area contributed by atoms with Crippen molar-refractivity contribution < 1.29 is 4.79 Å². The van der Waals surface area contributed by atoms with Crippen LogP contribution in [-0.4, -0.2) is 11.2 Å². The molecule has 0 radical (unpaired) electrons. The Labute approximate surface area is 131 Å². The maximum absolute atomic E-state index is 12.3. The van der Waals surface area contributed by atoms with Crippen molar-refractivity contribution in [2.24, 2.45) is 0 Å². The molecular formula is C18H21NOS. The van der Waals surface area contributed by atoms with Gasteiger partial charge in [0.25, 0.3) is 0 Å². The summed E-state index contributed by atoms with van der Waals surface area (Å²) in [6.45, 7) is 6.10. The normalized spacial score (nSPS) is 12.0. The van der Waals surface area contributed by atoms with E-state index in [-0.39, 0.29) is 11.2 Å². The number of rotatable bonds is 5. The van der Waals surface area contributed by atoms with E-state index in [9.17, 15) is 4.79 Å². The van der Waals surface area contributed by atoms with Crippen LogP contribution in [0.15, 0.2) is 53.4 Å². The predicted octanol–water partition coefficient (Wildman–Crippen LogP) is 4.68. The van der Waals surface area contributed by atoms with E-state index < -0.39 is 0 Å². The molecule has 0 bridgehead atoms. The Morgan fingerprint density at radius 1 is 1.19 bits per heavy atom. The predicted molar refractivity (Wildman–Crippen MR) is 90.9 cm³/mol. The van der Waals surface area contributed by atoms with Crippen LogP contribution in [0.3, 0.4) is 0 Å². The van der Waals surface area contributed by atoms with Gasteiger partial charge in [-0.3, -0.25) is 4.79 Å². The summed E-state index contributed by atoms with van der Waals surface area (Å²) in [6.07, 6.45) is 0.970. The van der Waals surface area contributed by atoms with Crippen LogP contribution in [0.5, 0.6) is 0 Å². The molecule has 0 saturated carbocycles. The van der Waals surface area contributed by atoms with E-state index in [2.05, 4.69) is 49.5 Å². The summed E-state index contributed by atoms with van der Waals surface area (Å²) in [5, 5.41) is 2.86. The summed E-state index contributed by atoms with van der Waals surface area (Å²) < 4.78 is 0. The van der Waals surface area contributed by atoms with Crippen molar-refractivity contribution in [2.45, 2.75) is 37.3 Å². The number of benzene rings is 2. The Morgan fingerprint density at radius 3 is 2.57 bits per heavy atom. The minimum atomic E-state index is -0.127. The van der Waals surface area contributed by atoms with Gasteiger partial charge in [0.2, 0.25) is 5.91 Å². The second-order valence-electron chi connectivity index (χ2n) is 5.12. The van der Waals surface area contributed by atoms with Gasteiger partial charge in [0.05, 0.1) is 5.25 Å². The van der Waals surface area contributed by atoms with E-state index in [1.165, 1.54) is 11.1 Å². The number of hydrogen-bond donors (Lipinski definition) is 1. The highest BCUT2D eigenvalue weighted by Gasteiger charge is 2.14. The molecule has 0 aliphatic heterocycles. The lowest BCUT2D eigenvalue weighted by atomic mass is 10.1. The van der Waals surface area contributed by atoms with Crippen LogP contribution in [0.25, 0.3) is 0 Å². The van der Waals surface area contributed by atoms with E-state index >= 15 is 0 Å². The summed E-state index contributed by atoms with van der Waals surface area (Å²) in [6, 6.07) is 16.3. The molecule has 110 valence electrons. The average Bonchev–Trinajstić information content (AvgIpc) is 2.49. The van der Waals surface area contributed by atoms with Crippen molar-refractivity contribution in [3.8, 4) is 0 Å². The van der Waals surface area contributed by atoms with Crippen molar-refractivity contribution in [1.82, 2.24) is 0 Å². The minimum Gasteiger partial charge on any atom is -0.325 e. The van der Waals surface area contributed by atoms with Gasteiger partial charge < -0.3 is 5.32 Å². The molecule has 3 heteroatoms. The molecule has 0 aromatic heterocycles. The van der Waals surface area contributed by atoms with Crippen molar-refractivity contribution in [2.75, 3.05) is 5.32 Å². The summed E-state index contributed by atoms with van der Waals surface area (Å²) in [7, 11) is 0. The van der Waals surface area contributed by atoms with E-state index in [0.29, 0.717) is 0 Å². The number of nitrogens with one attached hydrogen (secondary N) is 1. The van der Waals surface area contributed by atoms with E-state index in [1.54, 1.807) is 11.8 Å². The Morgan fingerprint density at radius 2 is 1.90 bits per heavy atom. The van der Waals surface area contributed by atoms with E-state index in [4.69, 9.17) is 0 Å². The highest BCUT2D eigenvalue weighted by Crippen LogP contribution is 2.24. The second kappa shape index (κ2) is 7.32. The molecule has 0 saturated heterocycles. The van der Waals surface area contributed by atoms with Gasteiger partial charge in [0.1, 0.15) is 0 Å². The fourth-order valence-corrected chi connectivity index (χ4v) is 2.85. The zero-order chi connectivity index (χ0) is 15.2. The lowest BCUT2D eigenvalue weighted by Gasteiger charge is -2.12. The summed E-state index contributed by atoms with van der Waals surface area (Å²) in [5.74, 6) is 0.0360. The molecule has 0 heterocycles. The topological polar surface area (TPSA) is 29.1 Å². The smallest absolute Gasteiger partial charge is 0.237 e. The summed E-state index contributed by atoms with van der Waals surface area (Å²) in [5.41, 5.74) is 3.33. The molecule has 1 atom stereocenters. The molecule has 1 amide bonds. The molecule has 0 aliphatic carbocycles. The maximum atomic E-state index is 12.3. The number of amides is 1. The molecule has 21 heavy (non-hydrogen) atoms. The molecular weight excluding hydrogens is 278 g/mol. The fraction of sp³-hybridized carbons (Fsp3) is 0.278. The van der Waals surface area contributed by atoms with Gasteiger partial charge in [-0.1, -0.05) is 36.8 Å². The van der Waals surface area contributed by atoms with Crippen LogP contribution in [-0.2, 0) is 11.2 Å². The van der Waals surface area contributed by atoms with E-state index in [0.717, 1.165) is 17.0 Å². The van der Waals surface area contributed by atoms with Crippen molar-refractivity contribution in [3.63, 3.8) is 0 Å². The third-order valence-electron chi connectivity index (χ3n) is 3.31. The quantitative estimate of drug-likeness (QED) is 0.812. The maximum Gasteiger partial charge on any atom is 0.237 e. The third-order valence-corrected chi connectivity index (χ3v) is 4.42. The number of hydrogen-bond acceptors (Lipinski definition) is 2. The standard InChI is InChI=1S/C18H21NOS/c1-4-15-6-5-7-16(12-15)19-18(20)14(3)21-17-10-8-13(2)9-11-17/h5-12,14H,4H2,1-3H3,(H,19,20). The van der Waals surface area contributed by atoms with Gasteiger partial charge in [0, 0.05) is 10.6 Å². The Hall–Kier alpha value is -1.74. The number of aryl methyl sites for hydroxylation is 2. The number of carbonyl (C=O) groups excluding carboxylic acids is 1. The first-order chi connectivity index (χ1) is 10.1. The first-order valence-electron chi connectivity index (χ1n) is 7.21. The first kappa shape index (κ1) is 15.6. The Kier molecular flexibility index (Phi) is 5.45. The second-order valence-corrected chi connectivity index (χ2v) is 6.53. The molecule has 2 rings (SSSR count). The van der Waals surface area contributed by atoms with Crippen LogP contribution < -0.4 is 5.32 Å². The van der Waals surface area contributed by atoms with Crippen LogP contribution in [0.4, 0.5) is 5.69 Å². The third kappa shape index (κ3) is 4.64. The van der Waals surface area contributed by atoms with Gasteiger partial charge in [-0.2, -0.15) is 0 Å². The SMILES string of the molecule is CCc1cccc(NC(=O)C(C)Sc2ccc(C)cc2)c1. The molecule has 0 spiro atoms. The first-order valence-corrected chi connectivity index (χ1v) is 8.09. The minimum absolute atomic E-state index is 0.0360. The van der Waals surface area contributed by atoms with Crippen molar-refractivity contribution >= 4 is 23.4 Å². The van der Waals surface area contributed by atoms with Crippen molar-refractivity contribution in [1.29, 1.82) is 0 Å². The van der Waals surface area contributed by atoms with Gasteiger partial charge in [-0.25, -0.2) is 0 Å². The van der Waals surface area contributed by atoms with Crippen LogP contribution in [0, 0.1) is 6.92 Å². The van der Waals surface area contributed by atoms with Crippen molar-refractivity contribution in [3.05, 3.63) is 59.7 Å².